The second-order valence-electron chi connectivity index (χ2n) is 12.9. The number of aliphatic hydroxyl groups is 5. The Bertz CT molecular complexity index is 746. The number of rotatable bonds is 4. The Morgan fingerprint density at radius 2 is 1.71 bits per heavy atom. The third-order valence-electron chi connectivity index (χ3n) is 11.5. The summed E-state index contributed by atoms with van der Waals surface area (Å²) in [6, 6.07) is 0. The summed E-state index contributed by atoms with van der Waals surface area (Å²) in [6.07, 6.45) is 4.89. The van der Waals surface area contributed by atoms with Gasteiger partial charge in [0.05, 0.1) is 30.5 Å². The second-order valence-corrected chi connectivity index (χ2v) is 12.9. The lowest BCUT2D eigenvalue weighted by atomic mass is 9.43. The zero-order chi connectivity index (χ0) is 24.5. The standard InChI is InChI=1S/C27H46O7/c1-15(28)18-8-11-27(32)20-5-4-16-12-17(33-14-22-24(31)21(29)13-23(30)34-22)6-9-25(16,2)19(20)7-10-26(18,27)3/h15-24,28-32H,4-14H2,1-3H3/t15?,16-,17-,18+,19-,20+,21+,22-,23-,24+,25-,26+,27+/m0/s1. The minimum Gasteiger partial charge on any atom is -0.393 e. The molecular weight excluding hydrogens is 436 g/mol. The van der Waals surface area contributed by atoms with Crippen LogP contribution in [0.5, 0.6) is 0 Å². The molecule has 1 aliphatic heterocycles. The van der Waals surface area contributed by atoms with Crippen LogP contribution in [-0.4, -0.2) is 74.6 Å². The molecule has 5 fully saturated rings. The van der Waals surface area contributed by atoms with Gasteiger partial charge in [-0.1, -0.05) is 13.8 Å². The number of hydrogen-bond donors (Lipinski definition) is 5. The predicted molar refractivity (Wildman–Crippen MR) is 126 cm³/mol. The average Bonchev–Trinajstić information content (AvgIpc) is 3.06. The van der Waals surface area contributed by atoms with Gasteiger partial charge in [0, 0.05) is 11.8 Å². The highest BCUT2D eigenvalue weighted by atomic mass is 16.6. The van der Waals surface area contributed by atoms with E-state index in [1.54, 1.807) is 0 Å². The maximum Gasteiger partial charge on any atom is 0.157 e. The molecule has 13 atom stereocenters. The Morgan fingerprint density at radius 1 is 0.941 bits per heavy atom. The summed E-state index contributed by atoms with van der Waals surface area (Å²) in [4.78, 5) is 0. The Hall–Kier alpha value is -0.280. The van der Waals surface area contributed by atoms with Gasteiger partial charge in [0.1, 0.15) is 12.2 Å². The number of hydrogen-bond acceptors (Lipinski definition) is 7. The smallest absolute Gasteiger partial charge is 0.157 e. The summed E-state index contributed by atoms with van der Waals surface area (Å²) in [5.74, 6) is 1.54. The van der Waals surface area contributed by atoms with Crippen LogP contribution in [0.3, 0.4) is 0 Å². The van der Waals surface area contributed by atoms with E-state index in [1.807, 2.05) is 6.92 Å². The molecule has 0 amide bonds. The first-order valence-corrected chi connectivity index (χ1v) is 13.7. The van der Waals surface area contributed by atoms with Gasteiger partial charge in [-0.2, -0.15) is 0 Å². The molecule has 5 aliphatic rings. The fraction of sp³-hybridized carbons (Fsp3) is 1.00. The third-order valence-corrected chi connectivity index (χ3v) is 11.5. The topological polar surface area (TPSA) is 120 Å². The van der Waals surface area contributed by atoms with E-state index in [0.717, 1.165) is 57.8 Å². The maximum atomic E-state index is 12.1. The predicted octanol–water partition coefficient (Wildman–Crippen LogP) is 2.36. The Kier molecular flexibility index (Phi) is 6.66. The molecule has 0 aromatic rings. The van der Waals surface area contributed by atoms with Crippen LogP contribution in [0.4, 0.5) is 0 Å². The van der Waals surface area contributed by atoms with Gasteiger partial charge in [-0.3, -0.25) is 0 Å². The second kappa shape index (κ2) is 8.93. The molecule has 1 saturated heterocycles. The Labute approximate surface area is 203 Å². The highest BCUT2D eigenvalue weighted by molar-refractivity contribution is 5.17. The minimum atomic E-state index is -1.07. The molecular formula is C27H46O7. The van der Waals surface area contributed by atoms with Crippen molar-refractivity contribution in [1.29, 1.82) is 0 Å². The van der Waals surface area contributed by atoms with Crippen LogP contribution in [0.1, 0.15) is 85.0 Å². The average molecular weight is 483 g/mol. The number of fused-ring (bicyclic) bond motifs is 5. The van der Waals surface area contributed by atoms with E-state index in [0.29, 0.717) is 17.8 Å². The summed E-state index contributed by atoms with van der Waals surface area (Å²) in [5.41, 5.74) is -0.674. The highest BCUT2D eigenvalue weighted by Crippen LogP contribution is 2.69. The first kappa shape index (κ1) is 25.4. The van der Waals surface area contributed by atoms with E-state index in [2.05, 4.69) is 13.8 Å². The van der Waals surface area contributed by atoms with Crippen LogP contribution in [0.2, 0.25) is 0 Å². The summed E-state index contributed by atoms with van der Waals surface area (Å²) in [7, 11) is 0. The molecule has 5 N–H and O–H groups in total. The van der Waals surface area contributed by atoms with E-state index in [9.17, 15) is 25.5 Å². The normalized spacial score (nSPS) is 56.3. The van der Waals surface area contributed by atoms with E-state index in [1.165, 1.54) is 0 Å². The quantitative estimate of drug-likeness (QED) is 0.417. The van der Waals surface area contributed by atoms with Gasteiger partial charge in [0.15, 0.2) is 6.29 Å². The van der Waals surface area contributed by atoms with Crippen molar-refractivity contribution in [3.05, 3.63) is 0 Å². The van der Waals surface area contributed by atoms with Crippen molar-refractivity contribution in [2.24, 2.45) is 34.5 Å². The molecule has 4 aliphatic carbocycles. The van der Waals surface area contributed by atoms with Crippen LogP contribution in [0.15, 0.2) is 0 Å². The van der Waals surface area contributed by atoms with Crippen LogP contribution in [-0.2, 0) is 9.47 Å². The van der Waals surface area contributed by atoms with Gasteiger partial charge < -0.3 is 35.0 Å². The summed E-state index contributed by atoms with van der Waals surface area (Å²) < 4.78 is 11.6. The molecule has 0 aromatic heterocycles. The van der Waals surface area contributed by atoms with Crippen molar-refractivity contribution in [2.45, 2.75) is 127 Å². The molecule has 0 radical (unpaired) electrons. The van der Waals surface area contributed by atoms with E-state index in [4.69, 9.17) is 9.47 Å². The fourth-order valence-electron chi connectivity index (χ4n) is 9.45. The zero-order valence-electron chi connectivity index (χ0n) is 21.1. The molecule has 1 unspecified atom stereocenters. The summed E-state index contributed by atoms with van der Waals surface area (Å²) >= 11 is 0. The van der Waals surface area contributed by atoms with Crippen molar-refractivity contribution < 1.29 is 35.0 Å². The van der Waals surface area contributed by atoms with E-state index >= 15 is 0 Å². The lowest BCUT2D eigenvalue weighted by Gasteiger charge is -2.64. The fourth-order valence-corrected chi connectivity index (χ4v) is 9.45. The van der Waals surface area contributed by atoms with Gasteiger partial charge in [0.25, 0.3) is 0 Å². The van der Waals surface area contributed by atoms with Gasteiger partial charge in [-0.15, -0.1) is 0 Å². The van der Waals surface area contributed by atoms with Crippen molar-refractivity contribution >= 4 is 0 Å². The first-order chi connectivity index (χ1) is 16.0. The summed E-state index contributed by atoms with van der Waals surface area (Å²) in [5, 5.41) is 52.5. The van der Waals surface area contributed by atoms with Crippen LogP contribution in [0.25, 0.3) is 0 Å². The lowest BCUT2D eigenvalue weighted by Crippen LogP contribution is -2.62. The van der Waals surface area contributed by atoms with E-state index < -0.39 is 30.2 Å². The monoisotopic (exact) mass is 482 g/mol. The van der Waals surface area contributed by atoms with Gasteiger partial charge in [0.2, 0.25) is 0 Å². The van der Waals surface area contributed by atoms with Crippen molar-refractivity contribution in [2.75, 3.05) is 6.61 Å². The number of ether oxygens (including phenoxy) is 2. The third kappa shape index (κ3) is 3.80. The van der Waals surface area contributed by atoms with Gasteiger partial charge in [-0.05, 0) is 93.8 Å². The van der Waals surface area contributed by atoms with Crippen LogP contribution < -0.4 is 0 Å². The molecule has 4 saturated carbocycles. The molecule has 1 heterocycles. The molecule has 0 bridgehead atoms. The van der Waals surface area contributed by atoms with Crippen molar-refractivity contribution in [1.82, 2.24) is 0 Å². The maximum absolute atomic E-state index is 12.1. The van der Waals surface area contributed by atoms with Crippen molar-refractivity contribution in [3.63, 3.8) is 0 Å². The molecule has 0 spiro atoms. The Balaban J connectivity index is 1.24. The first-order valence-electron chi connectivity index (χ1n) is 13.7. The minimum absolute atomic E-state index is 0.0213. The molecule has 5 rings (SSSR count). The largest absolute Gasteiger partial charge is 0.393 e. The molecule has 196 valence electrons. The molecule has 7 heteroatoms. The molecule has 0 aromatic carbocycles. The van der Waals surface area contributed by atoms with Crippen LogP contribution >= 0.6 is 0 Å². The molecule has 7 nitrogen and oxygen atoms in total. The zero-order valence-corrected chi connectivity index (χ0v) is 21.1. The summed E-state index contributed by atoms with van der Waals surface area (Å²) in [6.45, 7) is 6.75. The Morgan fingerprint density at radius 3 is 2.44 bits per heavy atom. The molecule has 34 heavy (non-hydrogen) atoms. The number of aliphatic hydroxyl groups excluding tert-OH is 4. The van der Waals surface area contributed by atoms with Crippen LogP contribution in [0, 0.1) is 34.5 Å². The van der Waals surface area contributed by atoms with E-state index in [-0.39, 0.29) is 42.0 Å². The highest BCUT2D eigenvalue weighted by Gasteiger charge is 2.67. The lowest BCUT2D eigenvalue weighted by molar-refractivity contribution is -0.249. The SMILES string of the molecule is CC(O)[C@H]1CC[C@@]2(O)[C@@H]3CC[C@H]4C[C@@H](OC[C@@H]5O[C@H](O)C[C@@H](O)[C@H]5O)CC[C@]4(C)[C@H]3CC[C@]12C. The van der Waals surface area contributed by atoms with Gasteiger partial charge >= 0.3 is 0 Å². The van der Waals surface area contributed by atoms with Crippen molar-refractivity contribution in [3.8, 4) is 0 Å². The van der Waals surface area contributed by atoms with Gasteiger partial charge in [-0.25, -0.2) is 0 Å².